The Bertz CT molecular complexity index is 659. The zero-order chi connectivity index (χ0) is 14.3. The largest absolute Gasteiger partial charge is 0.274 e. The molecule has 6 rings (SSSR count). The van der Waals surface area contributed by atoms with Crippen molar-refractivity contribution in [3.05, 3.63) is 42.2 Å². The molecule has 1 aliphatic heterocycles. The van der Waals surface area contributed by atoms with Gasteiger partial charge < -0.3 is 0 Å². The normalized spacial score (nSPS) is 42.2. The topological polar surface area (TPSA) is 37.4 Å². The van der Waals surface area contributed by atoms with E-state index in [0.29, 0.717) is 17.5 Å². The maximum atomic E-state index is 13.1. The third-order valence-corrected chi connectivity index (χ3v) is 5.75. The first-order chi connectivity index (χ1) is 10.2. The van der Waals surface area contributed by atoms with Crippen molar-refractivity contribution in [1.82, 2.24) is 0 Å². The second-order valence-corrected chi connectivity index (χ2v) is 6.64. The lowest BCUT2D eigenvalue weighted by Crippen LogP contribution is -2.40. The monoisotopic (exact) mass is 283 g/mol. The first kappa shape index (κ1) is 11.7. The minimum atomic E-state index is -0.363. The molecule has 4 heteroatoms. The van der Waals surface area contributed by atoms with Crippen LogP contribution in [-0.4, -0.2) is 11.8 Å². The number of nitrogens with zero attached hydrogens (tertiary/aromatic N) is 1. The van der Waals surface area contributed by atoms with E-state index < -0.39 is 0 Å². The number of benzene rings is 1. The lowest BCUT2D eigenvalue weighted by Gasteiger charge is -2.37. The van der Waals surface area contributed by atoms with Gasteiger partial charge in [-0.2, -0.15) is 0 Å². The summed E-state index contributed by atoms with van der Waals surface area (Å²) in [7, 11) is 0. The summed E-state index contributed by atoms with van der Waals surface area (Å²) in [5, 5.41) is 0. The summed E-state index contributed by atoms with van der Waals surface area (Å²) < 4.78 is 13.1. The number of amides is 2. The molecule has 3 nitrogen and oxygen atoms in total. The average molecular weight is 283 g/mol. The zero-order valence-electron chi connectivity index (χ0n) is 11.3. The van der Waals surface area contributed by atoms with Gasteiger partial charge in [-0.05, 0) is 54.4 Å². The van der Waals surface area contributed by atoms with Crippen molar-refractivity contribution in [3.63, 3.8) is 0 Å². The van der Waals surface area contributed by atoms with Gasteiger partial charge in [0.15, 0.2) is 0 Å². The van der Waals surface area contributed by atoms with Crippen LogP contribution in [0.4, 0.5) is 10.1 Å². The number of hydrogen-bond donors (Lipinski definition) is 0. The van der Waals surface area contributed by atoms with Gasteiger partial charge in [0, 0.05) is 0 Å². The van der Waals surface area contributed by atoms with Crippen LogP contribution >= 0.6 is 0 Å². The maximum Gasteiger partial charge on any atom is 0.238 e. The standard InChI is InChI=1S/C17H14FNO2/c18-8-1-3-9(4-2-8)19-16(20)14-10-5-6-11(13-7-12(10)13)15(14)17(19)21/h1-6,10-15H,7H2/t10-,11+,12-,13-,14+,15-/m0/s1. The quantitative estimate of drug-likeness (QED) is 0.586. The Labute approximate surface area is 121 Å². The Morgan fingerprint density at radius 2 is 1.43 bits per heavy atom. The zero-order valence-corrected chi connectivity index (χ0v) is 11.3. The van der Waals surface area contributed by atoms with Gasteiger partial charge in [-0.3, -0.25) is 14.5 Å². The SMILES string of the molecule is O=C1[C@@H]2[C@H]3C=C[C@H]([C@@H]4C[C@@H]34)[C@@H]2C(=O)N1c1ccc(F)cc1. The summed E-state index contributed by atoms with van der Waals surface area (Å²) in [6.07, 6.45) is 5.46. The van der Waals surface area contributed by atoms with Crippen LogP contribution in [0.2, 0.25) is 0 Å². The smallest absolute Gasteiger partial charge is 0.238 e. The van der Waals surface area contributed by atoms with Crippen molar-refractivity contribution in [3.8, 4) is 0 Å². The summed E-state index contributed by atoms with van der Waals surface area (Å²) >= 11 is 0. The highest BCUT2D eigenvalue weighted by Crippen LogP contribution is 2.65. The van der Waals surface area contributed by atoms with Crippen molar-refractivity contribution < 1.29 is 14.0 Å². The summed E-state index contributed by atoms with van der Waals surface area (Å²) in [6.45, 7) is 0. The van der Waals surface area contributed by atoms with Crippen LogP contribution < -0.4 is 4.90 Å². The van der Waals surface area contributed by atoms with Gasteiger partial charge in [0.25, 0.3) is 0 Å². The molecule has 106 valence electrons. The summed E-state index contributed by atoms with van der Waals surface area (Å²) in [6, 6.07) is 5.61. The molecule has 0 unspecified atom stereocenters. The van der Waals surface area contributed by atoms with Crippen LogP contribution in [0.3, 0.4) is 0 Å². The van der Waals surface area contributed by atoms with E-state index in [0.717, 1.165) is 6.42 Å². The van der Waals surface area contributed by atoms with E-state index in [2.05, 4.69) is 12.2 Å². The molecule has 5 aliphatic rings. The summed E-state index contributed by atoms with van der Waals surface area (Å²) in [5.41, 5.74) is 0.494. The number of carbonyl (C=O) groups is 2. The van der Waals surface area contributed by atoms with E-state index in [9.17, 15) is 14.0 Å². The number of anilines is 1. The number of imide groups is 1. The van der Waals surface area contributed by atoms with Gasteiger partial charge in [0.1, 0.15) is 5.82 Å². The second kappa shape index (κ2) is 3.62. The highest BCUT2D eigenvalue weighted by molar-refractivity contribution is 6.22. The van der Waals surface area contributed by atoms with Gasteiger partial charge >= 0.3 is 0 Å². The molecule has 0 aromatic heterocycles. The second-order valence-electron chi connectivity index (χ2n) is 6.64. The Balaban J connectivity index is 1.58. The van der Waals surface area contributed by atoms with E-state index in [1.54, 1.807) is 0 Å². The summed E-state index contributed by atoms with van der Waals surface area (Å²) in [4.78, 5) is 26.8. The predicted molar refractivity (Wildman–Crippen MR) is 73.6 cm³/mol. The molecular formula is C17H14FNO2. The van der Waals surface area contributed by atoms with Crippen molar-refractivity contribution in [2.45, 2.75) is 6.42 Å². The van der Waals surface area contributed by atoms with Crippen LogP contribution in [0.25, 0.3) is 0 Å². The molecule has 0 spiro atoms. The molecule has 2 saturated carbocycles. The lowest BCUT2D eigenvalue weighted by molar-refractivity contribution is -0.124. The van der Waals surface area contributed by atoms with Crippen LogP contribution in [0.5, 0.6) is 0 Å². The lowest BCUT2D eigenvalue weighted by atomic mass is 9.63. The molecule has 0 N–H and O–H groups in total. The minimum absolute atomic E-state index is 0.0960. The van der Waals surface area contributed by atoms with Crippen molar-refractivity contribution in [2.75, 3.05) is 4.90 Å². The Morgan fingerprint density at radius 1 is 0.905 bits per heavy atom. The molecule has 1 aromatic rings. The van der Waals surface area contributed by atoms with Crippen LogP contribution in [-0.2, 0) is 9.59 Å². The number of rotatable bonds is 1. The number of hydrogen-bond acceptors (Lipinski definition) is 2. The number of carbonyl (C=O) groups excluding carboxylic acids is 2. The van der Waals surface area contributed by atoms with Crippen LogP contribution in [0.1, 0.15) is 6.42 Å². The average Bonchev–Trinajstić information content (AvgIpc) is 3.26. The number of halogens is 1. The molecule has 1 aromatic carbocycles. The molecule has 2 bridgehead atoms. The van der Waals surface area contributed by atoms with E-state index in [1.807, 2.05) is 0 Å². The molecule has 3 fully saturated rings. The number of allylic oxidation sites excluding steroid dienone is 2. The molecular weight excluding hydrogens is 269 g/mol. The van der Waals surface area contributed by atoms with Crippen molar-refractivity contribution in [2.24, 2.45) is 35.5 Å². The Morgan fingerprint density at radius 3 is 1.95 bits per heavy atom. The first-order valence-corrected chi connectivity index (χ1v) is 7.48. The molecule has 21 heavy (non-hydrogen) atoms. The molecule has 4 aliphatic carbocycles. The Hall–Kier alpha value is -1.97. The highest BCUT2D eigenvalue weighted by atomic mass is 19.1. The van der Waals surface area contributed by atoms with Gasteiger partial charge in [-0.1, -0.05) is 12.2 Å². The fourth-order valence-corrected chi connectivity index (χ4v) is 4.80. The van der Waals surface area contributed by atoms with Crippen molar-refractivity contribution >= 4 is 17.5 Å². The third kappa shape index (κ3) is 1.33. The van der Waals surface area contributed by atoms with Crippen LogP contribution in [0.15, 0.2) is 36.4 Å². The summed E-state index contributed by atoms with van der Waals surface area (Å²) in [5.74, 6) is 0.722. The fourth-order valence-electron chi connectivity index (χ4n) is 4.80. The van der Waals surface area contributed by atoms with E-state index in [1.165, 1.54) is 29.2 Å². The van der Waals surface area contributed by atoms with E-state index in [4.69, 9.17) is 0 Å². The maximum absolute atomic E-state index is 13.1. The predicted octanol–water partition coefficient (Wildman–Crippen LogP) is 2.38. The van der Waals surface area contributed by atoms with Crippen molar-refractivity contribution in [1.29, 1.82) is 0 Å². The Kier molecular flexibility index (Phi) is 2.01. The van der Waals surface area contributed by atoms with E-state index in [-0.39, 0.29) is 41.3 Å². The van der Waals surface area contributed by atoms with Gasteiger partial charge in [-0.25, -0.2) is 4.39 Å². The first-order valence-electron chi connectivity index (χ1n) is 7.48. The van der Waals surface area contributed by atoms with E-state index >= 15 is 0 Å². The fraction of sp³-hybridized carbons (Fsp3) is 0.412. The van der Waals surface area contributed by atoms with Gasteiger partial charge in [-0.15, -0.1) is 0 Å². The molecule has 2 amide bonds. The third-order valence-electron chi connectivity index (χ3n) is 5.75. The van der Waals surface area contributed by atoms with Crippen LogP contribution in [0, 0.1) is 41.3 Å². The molecule has 1 saturated heterocycles. The van der Waals surface area contributed by atoms with Gasteiger partial charge in [0.05, 0.1) is 17.5 Å². The highest BCUT2D eigenvalue weighted by Gasteiger charge is 2.67. The minimum Gasteiger partial charge on any atom is -0.274 e. The van der Waals surface area contributed by atoms with Gasteiger partial charge in [0.2, 0.25) is 11.8 Å². The molecule has 6 atom stereocenters. The molecule has 1 heterocycles. The molecule has 0 radical (unpaired) electrons.